The van der Waals surface area contributed by atoms with Gasteiger partial charge in [0, 0.05) is 37.8 Å². The van der Waals surface area contributed by atoms with Gasteiger partial charge in [-0.2, -0.15) is 25.0 Å². The molecule has 1 saturated heterocycles. The number of likely N-dealkylation sites (N-methyl/N-ethyl adjacent to an activating group) is 1. The normalized spacial score (nSPS) is 31.1. The van der Waals surface area contributed by atoms with Crippen LogP contribution >= 0.6 is 0 Å². The van der Waals surface area contributed by atoms with E-state index in [0.717, 1.165) is 51.0 Å². The fraction of sp³-hybridized carbons (Fsp3) is 0.731. The van der Waals surface area contributed by atoms with E-state index in [-0.39, 0.29) is 6.54 Å². The number of aromatic nitrogens is 7. The Morgan fingerprint density at radius 1 is 1.05 bits per heavy atom. The molecule has 14 heteroatoms. The first-order chi connectivity index (χ1) is 19.4. The molecule has 2 aliphatic carbocycles. The van der Waals surface area contributed by atoms with Gasteiger partial charge < -0.3 is 40.9 Å². The number of hydrogen-bond acceptors (Lipinski definition) is 12. The Morgan fingerprint density at radius 2 is 1.80 bits per heavy atom. The number of aliphatic hydroxyl groups excluding tert-OH is 2. The van der Waals surface area contributed by atoms with Gasteiger partial charge in [-0.25, -0.2) is 4.98 Å². The molecule has 3 aromatic heterocycles. The van der Waals surface area contributed by atoms with Crippen LogP contribution in [0.15, 0.2) is 12.5 Å². The van der Waals surface area contributed by atoms with Crippen LogP contribution in [0.1, 0.15) is 56.3 Å². The second-order valence-electron chi connectivity index (χ2n) is 11.7. The van der Waals surface area contributed by atoms with Gasteiger partial charge in [0.15, 0.2) is 17.0 Å². The van der Waals surface area contributed by atoms with Gasteiger partial charge in [0.05, 0.1) is 24.3 Å². The van der Waals surface area contributed by atoms with Crippen molar-refractivity contribution in [2.75, 3.05) is 44.4 Å². The van der Waals surface area contributed by atoms with Gasteiger partial charge in [-0.05, 0) is 59.7 Å². The summed E-state index contributed by atoms with van der Waals surface area (Å²) >= 11 is 0. The van der Waals surface area contributed by atoms with E-state index in [4.69, 9.17) is 20.7 Å². The molecule has 6 N–H and O–H groups in total. The van der Waals surface area contributed by atoms with Gasteiger partial charge >= 0.3 is 0 Å². The molecule has 0 bridgehead atoms. The summed E-state index contributed by atoms with van der Waals surface area (Å²) < 4.78 is 1.89. The highest BCUT2D eigenvalue weighted by Crippen LogP contribution is 2.40. The first-order valence-electron chi connectivity index (χ1n) is 14.4. The van der Waals surface area contributed by atoms with Crippen LogP contribution in [0.2, 0.25) is 0 Å². The molecule has 3 fully saturated rings. The van der Waals surface area contributed by atoms with E-state index in [9.17, 15) is 10.2 Å². The number of fused-ring (bicyclic) bond motifs is 1. The minimum Gasteiger partial charge on any atom is -0.388 e. The van der Waals surface area contributed by atoms with E-state index in [1.54, 1.807) is 12.5 Å². The highest BCUT2D eigenvalue weighted by Gasteiger charge is 2.45. The van der Waals surface area contributed by atoms with Crippen molar-refractivity contribution in [2.24, 2.45) is 5.73 Å². The molecular formula is C26H42N12O2. The van der Waals surface area contributed by atoms with E-state index >= 15 is 0 Å². The number of rotatable bonds is 8. The van der Waals surface area contributed by atoms with Crippen molar-refractivity contribution in [3.63, 3.8) is 0 Å². The van der Waals surface area contributed by atoms with Crippen molar-refractivity contribution in [3.8, 4) is 0 Å². The lowest BCUT2D eigenvalue weighted by atomic mass is 9.91. The highest BCUT2D eigenvalue weighted by molar-refractivity contribution is 5.84. The molecule has 40 heavy (non-hydrogen) atoms. The molecule has 5 atom stereocenters. The van der Waals surface area contributed by atoms with Gasteiger partial charge in [-0.15, -0.1) is 0 Å². The largest absolute Gasteiger partial charge is 0.388 e. The summed E-state index contributed by atoms with van der Waals surface area (Å²) in [5.74, 6) is 1.39. The molecule has 0 spiro atoms. The molecule has 0 radical (unpaired) electrons. The van der Waals surface area contributed by atoms with E-state index in [1.807, 2.05) is 11.6 Å². The lowest BCUT2D eigenvalue weighted by Gasteiger charge is -2.29. The molecule has 1 aliphatic heterocycles. The third-order valence-corrected chi connectivity index (χ3v) is 9.10. The van der Waals surface area contributed by atoms with Crippen LogP contribution in [0.4, 0.5) is 11.8 Å². The first kappa shape index (κ1) is 27.3. The summed E-state index contributed by atoms with van der Waals surface area (Å²) in [6.07, 6.45) is 7.03. The quantitative estimate of drug-likeness (QED) is 0.250. The number of hydrogen-bond donors (Lipinski definition) is 5. The summed E-state index contributed by atoms with van der Waals surface area (Å²) in [5.41, 5.74) is 7.67. The SMILES string of the molecule is CNC1CCC(Nc2nc(N3CCC(N(C)C)C3)nc3c2ncn3C2CC(n3ncc(CN)n3)C(O)C2O)CC1. The van der Waals surface area contributed by atoms with E-state index < -0.39 is 24.3 Å². The molecule has 3 aliphatic rings. The van der Waals surface area contributed by atoms with Crippen molar-refractivity contribution in [3.05, 3.63) is 18.2 Å². The minimum atomic E-state index is -1.04. The van der Waals surface area contributed by atoms with Crippen LogP contribution in [0, 0.1) is 0 Å². The maximum atomic E-state index is 11.2. The fourth-order valence-electron chi connectivity index (χ4n) is 6.51. The van der Waals surface area contributed by atoms with Crippen LogP contribution in [-0.2, 0) is 6.54 Å². The molecule has 3 aromatic rings. The zero-order chi connectivity index (χ0) is 28.0. The van der Waals surface area contributed by atoms with Gasteiger partial charge in [0.25, 0.3) is 0 Å². The van der Waals surface area contributed by atoms with Crippen LogP contribution in [0.3, 0.4) is 0 Å². The van der Waals surface area contributed by atoms with Crippen molar-refractivity contribution < 1.29 is 10.2 Å². The maximum absolute atomic E-state index is 11.2. The number of nitrogens with two attached hydrogens (primary N) is 1. The van der Waals surface area contributed by atoms with Gasteiger partial charge in [-0.1, -0.05) is 0 Å². The Hall–Kier alpha value is -2.91. The molecule has 6 rings (SSSR count). The smallest absolute Gasteiger partial charge is 0.229 e. The molecule has 218 valence electrons. The van der Waals surface area contributed by atoms with Crippen LogP contribution in [-0.4, -0.2) is 114 Å². The molecule has 4 heterocycles. The number of aliphatic hydroxyl groups is 2. The lowest BCUT2D eigenvalue weighted by molar-refractivity contribution is 0.00497. The summed E-state index contributed by atoms with van der Waals surface area (Å²) in [6.45, 7) is 1.98. The molecule has 14 nitrogen and oxygen atoms in total. The lowest BCUT2D eigenvalue weighted by Crippen LogP contribution is -2.35. The van der Waals surface area contributed by atoms with Crippen molar-refractivity contribution >= 4 is 22.9 Å². The number of nitrogens with one attached hydrogen (secondary N) is 2. The predicted molar refractivity (Wildman–Crippen MR) is 151 cm³/mol. The van der Waals surface area contributed by atoms with Gasteiger partial charge in [0.1, 0.15) is 18.2 Å². The third-order valence-electron chi connectivity index (χ3n) is 9.10. The zero-order valence-electron chi connectivity index (χ0n) is 23.6. The highest BCUT2D eigenvalue weighted by atomic mass is 16.3. The molecule has 2 saturated carbocycles. The monoisotopic (exact) mass is 554 g/mol. The second kappa shape index (κ2) is 11.2. The summed E-state index contributed by atoms with van der Waals surface area (Å²) in [5, 5.41) is 37.9. The predicted octanol–water partition coefficient (Wildman–Crippen LogP) is -0.133. The Kier molecular flexibility index (Phi) is 7.61. The van der Waals surface area contributed by atoms with Crippen molar-refractivity contribution in [1.29, 1.82) is 0 Å². The second-order valence-corrected chi connectivity index (χ2v) is 11.7. The average Bonchev–Trinajstić information content (AvgIpc) is 3.76. The molecule has 0 amide bonds. The Labute approximate surface area is 234 Å². The molecule has 5 unspecified atom stereocenters. The minimum absolute atomic E-state index is 0.262. The summed E-state index contributed by atoms with van der Waals surface area (Å²) in [4.78, 5) is 20.7. The summed E-state index contributed by atoms with van der Waals surface area (Å²) in [7, 11) is 6.24. The fourth-order valence-corrected chi connectivity index (χ4v) is 6.51. The van der Waals surface area contributed by atoms with E-state index in [1.165, 1.54) is 4.80 Å². The zero-order valence-corrected chi connectivity index (χ0v) is 23.6. The van der Waals surface area contributed by atoms with Crippen molar-refractivity contribution in [1.82, 2.24) is 44.7 Å². The van der Waals surface area contributed by atoms with Gasteiger partial charge in [-0.3, -0.25) is 0 Å². The number of imidazole rings is 1. The number of anilines is 2. The van der Waals surface area contributed by atoms with E-state index in [0.29, 0.717) is 47.4 Å². The topological polar surface area (TPSA) is 171 Å². The van der Waals surface area contributed by atoms with Crippen LogP contribution in [0.5, 0.6) is 0 Å². The summed E-state index contributed by atoms with van der Waals surface area (Å²) in [6, 6.07) is 0.356. The average molecular weight is 555 g/mol. The Bertz CT molecular complexity index is 1300. The maximum Gasteiger partial charge on any atom is 0.229 e. The first-order valence-corrected chi connectivity index (χ1v) is 14.4. The third kappa shape index (κ3) is 5.02. The van der Waals surface area contributed by atoms with Crippen LogP contribution in [0.25, 0.3) is 11.2 Å². The Balaban J connectivity index is 1.33. The van der Waals surface area contributed by atoms with E-state index in [2.05, 4.69) is 44.7 Å². The van der Waals surface area contributed by atoms with Gasteiger partial charge in [0.2, 0.25) is 5.95 Å². The van der Waals surface area contributed by atoms with Crippen molar-refractivity contribution in [2.45, 2.75) is 87.5 Å². The number of nitrogens with zero attached hydrogens (tertiary/aromatic N) is 9. The standard InChI is InChI=1S/C26H42N12O2/c1-28-15-4-6-16(7-5-15)31-24-21-25(33-26(32-24)36-9-8-18(13-36)35(2)3)37(14-29-21)19-10-20(23(40)22(19)39)38-30-12-17(11-27)34-38/h12,14-16,18-20,22-23,28,39-40H,4-11,13,27H2,1-3H3,(H,31,32,33). The molecule has 0 aromatic carbocycles. The Morgan fingerprint density at radius 3 is 2.48 bits per heavy atom. The van der Waals surface area contributed by atoms with Crippen LogP contribution < -0.4 is 21.3 Å². The molecular weight excluding hydrogens is 512 g/mol.